The third-order valence-corrected chi connectivity index (χ3v) is 10.5. The molecule has 0 bridgehead atoms. The SMILES string of the molecule is Nc1ccccc1S.O=COCN(CC(=O)O)CC(=O)O.c1ccc2sc(CN(Cc3nc4ccccc4s3)Cc3nc4ccccc4s3)nc2c1. The van der Waals surface area contributed by atoms with E-state index in [0.717, 1.165) is 66.7 Å². The summed E-state index contributed by atoms with van der Waals surface area (Å²) in [7, 11) is 0. The third kappa shape index (κ3) is 11.5. The molecule has 3 aromatic heterocycles. The van der Waals surface area contributed by atoms with Gasteiger partial charge < -0.3 is 20.7 Å². The number of fused-ring (bicyclic) bond motifs is 3. The largest absolute Gasteiger partial charge is 0.480 e. The second-order valence-electron chi connectivity index (χ2n) is 11.1. The number of thiazole rings is 3. The maximum absolute atomic E-state index is 10.2. The molecule has 0 aliphatic heterocycles. The van der Waals surface area contributed by atoms with Crippen LogP contribution in [0.25, 0.3) is 30.6 Å². The number of anilines is 1. The number of benzene rings is 4. The number of nitrogens with two attached hydrogens (primary N) is 1. The van der Waals surface area contributed by atoms with Crippen LogP contribution < -0.4 is 5.73 Å². The van der Waals surface area contributed by atoms with Crippen LogP contribution in [-0.4, -0.2) is 73.2 Å². The molecule has 0 aliphatic rings. The van der Waals surface area contributed by atoms with Crippen molar-refractivity contribution in [2.24, 2.45) is 0 Å². The lowest BCUT2D eigenvalue weighted by Gasteiger charge is -2.18. The number of rotatable bonds is 13. The van der Waals surface area contributed by atoms with Crippen LogP contribution >= 0.6 is 46.6 Å². The number of nitrogens with zero attached hydrogens (tertiary/aromatic N) is 5. The van der Waals surface area contributed by atoms with Crippen LogP contribution in [-0.2, 0) is 38.8 Å². The lowest BCUT2D eigenvalue weighted by Crippen LogP contribution is -2.36. The normalized spacial score (nSPS) is 10.9. The Hall–Kier alpha value is -4.97. The molecule has 0 spiro atoms. The fourth-order valence-electron chi connectivity index (χ4n) is 4.86. The average molecular weight is 775 g/mol. The van der Waals surface area contributed by atoms with Crippen molar-refractivity contribution in [1.82, 2.24) is 24.8 Å². The number of aliphatic carboxylic acids is 2. The number of hydrogen-bond acceptors (Lipinski definition) is 14. The summed E-state index contributed by atoms with van der Waals surface area (Å²) in [4.78, 5) is 48.9. The first-order chi connectivity index (χ1) is 25.2. The van der Waals surface area contributed by atoms with Crippen molar-refractivity contribution < 1.29 is 29.3 Å². The molecule has 7 aromatic rings. The molecule has 4 aromatic carbocycles. The number of ether oxygens (including phenoxy) is 1. The molecule has 52 heavy (non-hydrogen) atoms. The summed E-state index contributed by atoms with van der Waals surface area (Å²) in [6, 6.07) is 32.5. The molecule has 3 heterocycles. The second-order valence-corrected chi connectivity index (χ2v) is 14.9. The highest BCUT2D eigenvalue weighted by Gasteiger charge is 2.17. The van der Waals surface area contributed by atoms with Crippen molar-refractivity contribution in [2.45, 2.75) is 24.5 Å². The molecule has 0 unspecified atom stereocenters. The fraction of sp³-hybridized carbons (Fsp3) is 0.167. The number of carboxylic acids is 2. The van der Waals surface area contributed by atoms with Crippen LogP contribution in [0.2, 0.25) is 0 Å². The molecule has 0 aliphatic carbocycles. The van der Waals surface area contributed by atoms with Crippen LogP contribution in [0, 0.1) is 0 Å². The molecule has 7 rings (SSSR count). The molecule has 268 valence electrons. The van der Waals surface area contributed by atoms with E-state index in [1.807, 2.05) is 42.5 Å². The van der Waals surface area contributed by atoms with Gasteiger partial charge >= 0.3 is 11.9 Å². The number of carbonyl (C=O) groups is 3. The molecule has 16 heteroatoms. The highest BCUT2D eigenvalue weighted by molar-refractivity contribution is 7.80. The van der Waals surface area contributed by atoms with Gasteiger partial charge in [-0.05, 0) is 48.5 Å². The van der Waals surface area contributed by atoms with Crippen LogP contribution in [0.3, 0.4) is 0 Å². The number of hydrogen-bond donors (Lipinski definition) is 4. The lowest BCUT2D eigenvalue weighted by atomic mass is 10.3. The maximum atomic E-state index is 10.2. The van der Waals surface area contributed by atoms with E-state index in [2.05, 4.69) is 76.9 Å². The Balaban J connectivity index is 0.000000206. The Bertz CT molecular complexity index is 1940. The zero-order chi connectivity index (χ0) is 36.9. The average Bonchev–Trinajstić information content (AvgIpc) is 3.84. The van der Waals surface area contributed by atoms with Crippen molar-refractivity contribution in [1.29, 1.82) is 0 Å². The number of carboxylic acid groups (broad SMARTS) is 2. The Morgan fingerprint density at radius 2 is 1.04 bits per heavy atom. The predicted molar refractivity (Wildman–Crippen MR) is 209 cm³/mol. The Morgan fingerprint density at radius 3 is 1.37 bits per heavy atom. The summed E-state index contributed by atoms with van der Waals surface area (Å²) in [5.74, 6) is -2.37. The molecule has 0 radical (unpaired) electrons. The van der Waals surface area contributed by atoms with Crippen LogP contribution in [0.5, 0.6) is 0 Å². The van der Waals surface area contributed by atoms with Gasteiger partial charge in [-0.3, -0.25) is 19.3 Å². The highest BCUT2D eigenvalue weighted by Crippen LogP contribution is 2.28. The topological polar surface area (TPSA) is 172 Å². The first-order valence-electron chi connectivity index (χ1n) is 15.7. The van der Waals surface area contributed by atoms with Gasteiger partial charge in [-0.1, -0.05) is 48.5 Å². The van der Waals surface area contributed by atoms with Gasteiger partial charge in [-0.25, -0.2) is 19.9 Å². The van der Waals surface area contributed by atoms with Gasteiger partial charge in [0, 0.05) is 10.6 Å². The Kier molecular flexibility index (Phi) is 14.0. The van der Waals surface area contributed by atoms with Gasteiger partial charge in [-0.15, -0.1) is 46.6 Å². The Labute approximate surface area is 316 Å². The Morgan fingerprint density at radius 1 is 0.654 bits per heavy atom. The highest BCUT2D eigenvalue weighted by atomic mass is 32.1. The molecule has 0 saturated heterocycles. The molecule has 0 amide bonds. The minimum atomic E-state index is -1.18. The van der Waals surface area contributed by atoms with Crippen molar-refractivity contribution in [2.75, 3.05) is 25.6 Å². The summed E-state index contributed by atoms with van der Waals surface area (Å²) < 4.78 is 7.92. The number of aromatic nitrogens is 3. The molecule has 12 nitrogen and oxygen atoms in total. The van der Waals surface area contributed by atoms with Gasteiger partial charge in [0.15, 0.2) is 0 Å². The molecule has 0 atom stereocenters. The van der Waals surface area contributed by atoms with E-state index in [0.29, 0.717) is 0 Å². The van der Waals surface area contributed by atoms with Crippen LogP contribution in [0.1, 0.15) is 15.0 Å². The maximum Gasteiger partial charge on any atom is 0.317 e. The van der Waals surface area contributed by atoms with Crippen LogP contribution in [0.15, 0.2) is 102 Å². The zero-order valence-electron chi connectivity index (χ0n) is 27.6. The summed E-state index contributed by atoms with van der Waals surface area (Å²) in [6.45, 7) is 1.15. The minimum absolute atomic E-state index is 0.122. The number of carbonyl (C=O) groups excluding carboxylic acids is 1. The van der Waals surface area contributed by atoms with Gasteiger partial charge in [0.05, 0.1) is 63.4 Å². The van der Waals surface area contributed by atoms with Gasteiger partial charge in [0.1, 0.15) is 21.8 Å². The standard InChI is InChI=1S/C24H18N4S3.C6H9NO6.C6H7NS/c1-4-10-19-16(7-1)25-22(29-19)13-28(14-23-26-17-8-2-5-11-20(17)30-23)15-24-27-18-9-3-6-12-21(18)31-24;8-4-13-3-7(1-5(9)10)2-6(11)12;7-5-3-1-2-4-6(5)8/h1-12H,13-15H2;4H,1-3H2,(H,9,10)(H,11,12);1-4,8H,7H2. The summed E-state index contributed by atoms with van der Waals surface area (Å²) in [6.07, 6.45) is 0. The summed E-state index contributed by atoms with van der Waals surface area (Å²) in [5.41, 5.74) is 9.39. The van der Waals surface area contributed by atoms with Gasteiger partial charge in [0.25, 0.3) is 6.47 Å². The number of para-hydroxylation sites is 4. The van der Waals surface area contributed by atoms with E-state index in [9.17, 15) is 14.4 Å². The van der Waals surface area contributed by atoms with Crippen molar-refractivity contribution in [3.63, 3.8) is 0 Å². The van der Waals surface area contributed by atoms with Crippen molar-refractivity contribution in [3.8, 4) is 0 Å². The quantitative estimate of drug-likeness (QED) is 0.0416. The summed E-state index contributed by atoms with van der Waals surface area (Å²) >= 11 is 9.38. The summed E-state index contributed by atoms with van der Waals surface area (Å²) in [5, 5.41) is 20.0. The number of nitrogen functional groups attached to an aromatic ring is 1. The molecule has 0 fully saturated rings. The number of thiol groups is 1. The van der Waals surface area contributed by atoms with E-state index >= 15 is 0 Å². The molecule has 4 N–H and O–H groups in total. The first-order valence-corrected chi connectivity index (χ1v) is 18.6. The monoisotopic (exact) mass is 774 g/mol. The molecular formula is C36H34N6O6S4. The van der Waals surface area contributed by atoms with E-state index < -0.39 is 25.0 Å². The van der Waals surface area contributed by atoms with Crippen molar-refractivity contribution in [3.05, 3.63) is 112 Å². The van der Waals surface area contributed by atoms with E-state index in [4.69, 9.17) is 30.9 Å². The smallest absolute Gasteiger partial charge is 0.317 e. The predicted octanol–water partition coefficient (Wildman–Crippen LogP) is 6.86. The van der Waals surface area contributed by atoms with E-state index in [1.165, 1.54) is 14.1 Å². The van der Waals surface area contributed by atoms with Crippen molar-refractivity contribution >= 4 is 101 Å². The fourth-order valence-corrected chi connectivity index (χ4v) is 8.05. The second kappa shape index (κ2) is 19.0. The van der Waals surface area contributed by atoms with E-state index in [1.54, 1.807) is 34.0 Å². The molecule has 0 saturated carbocycles. The minimum Gasteiger partial charge on any atom is -0.480 e. The van der Waals surface area contributed by atoms with Gasteiger partial charge in [0.2, 0.25) is 0 Å². The van der Waals surface area contributed by atoms with E-state index in [-0.39, 0.29) is 13.2 Å². The van der Waals surface area contributed by atoms with Crippen LogP contribution in [0.4, 0.5) is 5.69 Å². The lowest BCUT2D eigenvalue weighted by molar-refractivity contribution is -0.148. The van der Waals surface area contributed by atoms with Gasteiger partial charge in [-0.2, -0.15) is 0 Å². The molecular weight excluding hydrogens is 741 g/mol. The zero-order valence-corrected chi connectivity index (χ0v) is 30.9. The third-order valence-electron chi connectivity index (χ3n) is 7.07. The first kappa shape index (κ1) is 38.3.